The van der Waals surface area contributed by atoms with Gasteiger partial charge >= 0.3 is 0 Å². The maximum absolute atomic E-state index is 3.96. The largest absolute Gasteiger partial charge is 0.0992 e. The third kappa shape index (κ3) is 5.90. The molecule has 0 rings (SSSR count). The predicted molar refractivity (Wildman–Crippen MR) is 52.4 cm³/mol. The molecule has 0 aromatic heterocycles. The van der Waals surface area contributed by atoms with Crippen molar-refractivity contribution in [1.29, 1.82) is 0 Å². The molecule has 0 aliphatic heterocycles. The van der Waals surface area contributed by atoms with E-state index in [9.17, 15) is 0 Å². The molecule has 0 fully saturated rings. The highest BCUT2D eigenvalue weighted by molar-refractivity contribution is 5.24. The quantitative estimate of drug-likeness (QED) is 0.540. The summed E-state index contributed by atoms with van der Waals surface area (Å²) in [6.07, 6.45) is 6.74. The molecule has 0 atom stereocenters. The van der Waals surface area contributed by atoms with Gasteiger partial charge in [0.2, 0.25) is 0 Å². The van der Waals surface area contributed by atoms with Crippen LogP contribution < -0.4 is 0 Å². The summed E-state index contributed by atoms with van der Waals surface area (Å²) < 4.78 is 0. The highest BCUT2D eigenvalue weighted by Gasteiger charge is 1.96. The molecule has 0 spiro atoms. The van der Waals surface area contributed by atoms with Crippen molar-refractivity contribution in [3.05, 3.63) is 30.7 Å². The van der Waals surface area contributed by atoms with E-state index in [0.717, 1.165) is 12.8 Å². The second-order valence-corrected chi connectivity index (χ2v) is 2.92. The number of rotatable bonds is 6. The van der Waals surface area contributed by atoms with Crippen LogP contribution >= 0.6 is 0 Å². The van der Waals surface area contributed by atoms with Gasteiger partial charge in [-0.05, 0) is 19.3 Å². The lowest BCUT2D eigenvalue weighted by Gasteiger charge is -2.04. The smallest absolute Gasteiger partial charge is 0.0104 e. The molecule has 0 bridgehead atoms. The SMILES string of the molecule is C=C([CH]C(=C)CCCC)CC. The molecule has 0 unspecified atom stereocenters. The molecular weight excluding hydrogens is 132 g/mol. The maximum atomic E-state index is 3.96. The third-order valence-electron chi connectivity index (χ3n) is 1.71. The molecule has 0 heteroatoms. The van der Waals surface area contributed by atoms with Crippen LogP contribution in [0.4, 0.5) is 0 Å². The van der Waals surface area contributed by atoms with E-state index in [0.29, 0.717) is 0 Å². The van der Waals surface area contributed by atoms with Crippen molar-refractivity contribution in [2.24, 2.45) is 0 Å². The van der Waals surface area contributed by atoms with E-state index in [2.05, 4.69) is 33.4 Å². The molecule has 0 amide bonds. The zero-order valence-corrected chi connectivity index (χ0v) is 7.82. The van der Waals surface area contributed by atoms with Crippen LogP contribution in [0.2, 0.25) is 0 Å². The summed E-state index contributed by atoms with van der Waals surface area (Å²) in [7, 11) is 0. The fourth-order valence-electron chi connectivity index (χ4n) is 0.867. The standard InChI is InChI=1S/C11H19/c1-5-7-8-11(4)9-10(3)6-2/h9H,3-8H2,1-2H3. The lowest BCUT2D eigenvalue weighted by atomic mass is 10.0. The summed E-state index contributed by atoms with van der Waals surface area (Å²) in [5.41, 5.74) is 2.41. The van der Waals surface area contributed by atoms with Crippen LogP contribution in [0, 0.1) is 6.42 Å². The monoisotopic (exact) mass is 151 g/mol. The van der Waals surface area contributed by atoms with Gasteiger partial charge in [-0.25, -0.2) is 0 Å². The van der Waals surface area contributed by atoms with Crippen LogP contribution in [-0.4, -0.2) is 0 Å². The van der Waals surface area contributed by atoms with Crippen molar-refractivity contribution in [3.63, 3.8) is 0 Å². The van der Waals surface area contributed by atoms with Gasteiger partial charge in [-0.15, -0.1) is 0 Å². The molecule has 0 saturated heterocycles. The first kappa shape index (κ1) is 10.5. The molecule has 11 heavy (non-hydrogen) atoms. The molecule has 0 N–H and O–H groups in total. The van der Waals surface area contributed by atoms with E-state index in [1.807, 2.05) is 0 Å². The van der Waals surface area contributed by atoms with Crippen molar-refractivity contribution >= 4 is 0 Å². The first-order valence-corrected chi connectivity index (χ1v) is 4.41. The van der Waals surface area contributed by atoms with E-state index in [1.54, 1.807) is 0 Å². The van der Waals surface area contributed by atoms with Crippen LogP contribution in [0.5, 0.6) is 0 Å². The van der Waals surface area contributed by atoms with Crippen molar-refractivity contribution in [2.75, 3.05) is 0 Å². The van der Waals surface area contributed by atoms with E-state index in [4.69, 9.17) is 0 Å². The Balaban J connectivity index is 3.44. The number of unbranched alkanes of at least 4 members (excludes halogenated alkanes) is 1. The normalized spacial score (nSPS) is 9.64. The van der Waals surface area contributed by atoms with E-state index < -0.39 is 0 Å². The lowest BCUT2D eigenvalue weighted by molar-refractivity contribution is 0.792. The average molecular weight is 151 g/mol. The maximum Gasteiger partial charge on any atom is 0.0104 e. The first-order chi connectivity index (χ1) is 5.20. The summed E-state index contributed by atoms with van der Waals surface area (Å²) in [4.78, 5) is 0. The second kappa shape index (κ2) is 6.21. The van der Waals surface area contributed by atoms with Crippen molar-refractivity contribution in [2.45, 2.75) is 39.5 Å². The van der Waals surface area contributed by atoms with E-state index in [1.165, 1.54) is 24.0 Å². The Morgan fingerprint density at radius 2 is 1.82 bits per heavy atom. The lowest BCUT2D eigenvalue weighted by Crippen LogP contribution is -1.86. The summed E-state index contributed by atoms with van der Waals surface area (Å²) in [6, 6.07) is 0. The molecule has 0 saturated carbocycles. The van der Waals surface area contributed by atoms with Gasteiger partial charge in [-0.3, -0.25) is 0 Å². The fourth-order valence-corrected chi connectivity index (χ4v) is 0.867. The second-order valence-electron chi connectivity index (χ2n) is 2.92. The zero-order chi connectivity index (χ0) is 8.69. The predicted octanol–water partition coefficient (Wildman–Crippen LogP) is 3.90. The van der Waals surface area contributed by atoms with Gasteiger partial charge in [-0.2, -0.15) is 0 Å². The summed E-state index contributed by atoms with van der Waals surface area (Å²) in [5.74, 6) is 0. The average Bonchev–Trinajstić information content (AvgIpc) is 2.00. The Kier molecular flexibility index (Phi) is 5.91. The molecule has 0 aliphatic carbocycles. The summed E-state index contributed by atoms with van der Waals surface area (Å²) >= 11 is 0. The fraction of sp³-hybridized carbons (Fsp3) is 0.545. The van der Waals surface area contributed by atoms with Crippen LogP contribution in [0.3, 0.4) is 0 Å². The van der Waals surface area contributed by atoms with Crippen LogP contribution in [0.15, 0.2) is 24.3 Å². The van der Waals surface area contributed by atoms with Crippen molar-refractivity contribution in [3.8, 4) is 0 Å². The summed E-state index contributed by atoms with van der Waals surface area (Å²) in [6.45, 7) is 12.2. The van der Waals surface area contributed by atoms with Gasteiger partial charge in [-0.1, -0.05) is 44.6 Å². The zero-order valence-electron chi connectivity index (χ0n) is 7.82. The van der Waals surface area contributed by atoms with Crippen molar-refractivity contribution < 1.29 is 0 Å². The molecule has 0 aliphatic rings. The minimum absolute atomic E-state index is 1.03. The van der Waals surface area contributed by atoms with Crippen LogP contribution in [0.25, 0.3) is 0 Å². The third-order valence-corrected chi connectivity index (χ3v) is 1.71. The Bertz CT molecular complexity index is 131. The number of hydrogen-bond acceptors (Lipinski definition) is 0. The minimum atomic E-state index is 1.03. The molecule has 63 valence electrons. The summed E-state index contributed by atoms with van der Waals surface area (Å²) in [5, 5.41) is 0. The Hall–Kier alpha value is -0.520. The van der Waals surface area contributed by atoms with Crippen LogP contribution in [0.1, 0.15) is 39.5 Å². The number of hydrogen-bond donors (Lipinski definition) is 0. The highest BCUT2D eigenvalue weighted by atomic mass is 14.0. The van der Waals surface area contributed by atoms with Gasteiger partial charge in [0, 0.05) is 6.42 Å². The molecule has 1 radical (unpaired) electrons. The van der Waals surface area contributed by atoms with Gasteiger partial charge in [0.15, 0.2) is 0 Å². The first-order valence-electron chi connectivity index (χ1n) is 4.41. The molecule has 0 nitrogen and oxygen atoms in total. The van der Waals surface area contributed by atoms with Gasteiger partial charge in [0.05, 0.1) is 0 Å². The highest BCUT2D eigenvalue weighted by Crippen LogP contribution is 2.14. The van der Waals surface area contributed by atoms with E-state index >= 15 is 0 Å². The Morgan fingerprint density at radius 1 is 1.18 bits per heavy atom. The minimum Gasteiger partial charge on any atom is -0.0992 e. The molecule has 0 heterocycles. The molecule has 0 aromatic rings. The van der Waals surface area contributed by atoms with Gasteiger partial charge in [0.25, 0.3) is 0 Å². The van der Waals surface area contributed by atoms with Crippen molar-refractivity contribution in [1.82, 2.24) is 0 Å². The topological polar surface area (TPSA) is 0 Å². The van der Waals surface area contributed by atoms with Gasteiger partial charge in [0.1, 0.15) is 0 Å². The molecule has 0 aromatic carbocycles. The van der Waals surface area contributed by atoms with Gasteiger partial charge < -0.3 is 0 Å². The van der Waals surface area contributed by atoms with E-state index in [-0.39, 0.29) is 0 Å². The van der Waals surface area contributed by atoms with Crippen LogP contribution in [-0.2, 0) is 0 Å². The Labute approximate surface area is 71.0 Å². The Morgan fingerprint density at radius 3 is 2.27 bits per heavy atom. The number of allylic oxidation sites excluding steroid dienone is 2. The molecular formula is C11H19.